The summed E-state index contributed by atoms with van der Waals surface area (Å²) in [6, 6.07) is 2.11. The van der Waals surface area contributed by atoms with E-state index in [9.17, 15) is 0 Å². The van der Waals surface area contributed by atoms with Gasteiger partial charge in [0.15, 0.2) is 0 Å². The first-order valence-corrected chi connectivity index (χ1v) is 6.22. The first kappa shape index (κ1) is 13.7. The van der Waals surface area contributed by atoms with E-state index in [1.165, 1.54) is 5.69 Å². The number of methoxy groups -OCH3 is 1. The molecule has 5 heteroatoms. The van der Waals surface area contributed by atoms with Crippen molar-refractivity contribution in [1.82, 2.24) is 15.2 Å². The Morgan fingerprint density at radius 1 is 1.50 bits per heavy atom. The zero-order chi connectivity index (χ0) is 11.8. The van der Waals surface area contributed by atoms with Gasteiger partial charge in [0.1, 0.15) is 0 Å². The first-order valence-electron chi connectivity index (χ1n) is 5.43. The molecule has 2 N–H and O–H groups in total. The van der Waals surface area contributed by atoms with Gasteiger partial charge in [0, 0.05) is 49.7 Å². The number of hydrogen-bond acceptors (Lipinski definition) is 3. The molecule has 0 aliphatic heterocycles. The van der Waals surface area contributed by atoms with Crippen LogP contribution < -0.4 is 5.32 Å². The zero-order valence-electron chi connectivity index (χ0n) is 9.92. The largest absolute Gasteiger partial charge is 0.383 e. The molecular weight excluding hydrogens is 270 g/mol. The summed E-state index contributed by atoms with van der Waals surface area (Å²) in [4.78, 5) is 5.49. The number of rotatable bonds is 8. The van der Waals surface area contributed by atoms with Crippen LogP contribution in [-0.4, -0.2) is 50.3 Å². The molecule has 1 aromatic rings. The topological polar surface area (TPSA) is 40.3 Å². The van der Waals surface area contributed by atoms with Gasteiger partial charge in [0.25, 0.3) is 0 Å². The summed E-state index contributed by atoms with van der Waals surface area (Å²) in [6.07, 6.45) is 1.96. The standard InChI is InChI=1S/C11H20BrN3O/c1-15(5-3-13-4-6-16-2)9-11-7-10(12)8-14-11/h7-8,13-14H,3-6,9H2,1-2H3. The number of nitrogens with zero attached hydrogens (tertiary/aromatic N) is 1. The molecule has 1 rings (SSSR count). The van der Waals surface area contributed by atoms with E-state index in [0.717, 1.165) is 37.3 Å². The summed E-state index contributed by atoms with van der Waals surface area (Å²) in [6.45, 7) is 4.64. The van der Waals surface area contributed by atoms with Gasteiger partial charge in [-0.15, -0.1) is 0 Å². The molecule has 0 bridgehead atoms. The van der Waals surface area contributed by atoms with E-state index in [2.05, 4.69) is 44.2 Å². The summed E-state index contributed by atoms with van der Waals surface area (Å²) in [5.74, 6) is 0. The van der Waals surface area contributed by atoms with Crippen LogP contribution in [0.4, 0.5) is 0 Å². The number of aromatic amines is 1. The number of halogens is 1. The first-order chi connectivity index (χ1) is 7.72. The van der Waals surface area contributed by atoms with Gasteiger partial charge in [-0.25, -0.2) is 0 Å². The van der Waals surface area contributed by atoms with Gasteiger partial charge in [-0.05, 0) is 29.0 Å². The average Bonchev–Trinajstić information content (AvgIpc) is 2.63. The fraction of sp³-hybridized carbons (Fsp3) is 0.636. The van der Waals surface area contributed by atoms with Crippen LogP contribution in [0.15, 0.2) is 16.7 Å². The molecule has 0 aromatic carbocycles. The van der Waals surface area contributed by atoms with E-state index in [-0.39, 0.29) is 0 Å². The molecule has 0 aliphatic rings. The Balaban J connectivity index is 2.09. The highest BCUT2D eigenvalue weighted by atomic mass is 79.9. The molecule has 0 saturated carbocycles. The van der Waals surface area contributed by atoms with E-state index in [0.29, 0.717) is 0 Å². The van der Waals surface area contributed by atoms with Gasteiger partial charge in [0.05, 0.1) is 6.61 Å². The minimum absolute atomic E-state index is 0.771. The van der Waals surface area contributed by atoms with Crippen molar-refractivity contribution in [1.29, 1.82) is 0 Å². The van der Waals surface area contributed by atoms with Gasteiger partial charge in [-0.2, -0.15) is 0 Å². The Morgan fingerprint density at radius 3 is 2.94 bits per heavy atom. The molecule has 4 nitrogen and oxygen atoms in total. The van der Waals surface area contributed by atoms with Crippen LogP contribution in [0, 0.1) is 0 Å². The maximum atomic E-state index is 4.96. The lowest BCUT2D eigenvalue weighted by Crippen LogP contribution is -2.30. The van der Waals surface area contributed by atoms with Crippen LogP contribution >= 0.6 is 15.9 Å². The van der Waals surface area contributed by atoms with Crippen molar-refractivity contribution in [3.63, 3.8) is 0 Å². The van der Waals surface area contributed by atoms with Crippen molar-refractivity contribution >= 4 is 15.9 Å². The van der Waals surface area contributed by atoms with Gasteiger partial charge >= 0.3 is 0 Å². The fourth-order valence-electron chi connectivity index (χ4n) is 1.44. The molecule has 16 heavy (non-hydrogen) atoms. The van der Waals surface area contributed by atoms with Crippen LogP contribution in [0.1, 0.15) is 5.69 Å². The molecule has 0 radical (unpaired) electrons. The number of hydrogen-bond donors (Lipinski definition) is 2. The second kappa shape index (κ2) is 7.84. The minimum atomic E-state index is 0.771. The van der Waals surface area contributed by atoms with Gasteiger partial charge in [-0.1, -0.05) is 0 Å². The average molecular weight is 290 g/mol. The molecule has 1 aromatic heterocycles. The summed E-state index contributed by atoms with van der Waals surface area (Å²) < 4.78 is 6.07. The summed E-state index contributed by atoms with van der Waals surface area (Å²) >= 11 is 3.43. The number of H-pyrrole nitrogens is 1. The fourth-order valence-corrected chi connectivity index (χ4v) is 1.83. The smallest absolute Gasteiger partial charge is 0.0587 e. The van der Waals surface area contributed by atoms with Crippen LogP contribution in [0.25, 0.3) is 0 Å². The van der Waals surface area contributed by atoms with Crippen LogP contribution in [0.3, 0.4) is 0 Å². The lowest BCUT2D eigenvalue weighted by atomic mass is 10.4. The quantitative estimate of drug-likeness (QED) is 0.712. The van der Waals surface area contributed by atoms with E-state index in [1.54, 1.807) is 7.11 Å². The second-order valence-electron chi connectivity index (χ2n) is 3.82. The number of nitrogens with one attached hydrogen (secondary N) is 2. The summed E-state index contributed by atoms with van der Waals surface area (Å²) in [7, 11) is 3.84. The molecule has 0 atom stereocenters. The summed E-state index contributed by atoms with van der Waals surface area (Å²) in [5.41, 5.74) is 1.23. The third kappa shape index (κ3) is 5.65. The monoisotopic (exact) mass is 289 g/mol. The lowest BCUT2D eigenvalue weighted by Gasteiger charge is -2.15. The Hall–Kier alpha value is -0.360. The number of likely N-dealkylation sites (N-methyl/N-ethyl adjacent to an activating group) is 1. The van der Waals surface area contributed by atoms with Crippen molar-refractivity contribution in [2.45, 2.75) is 6.54 Å². The van der Waals surface area contributed by atoms with Gasteiger partial charge < -0.3 is 15.0 Å². The normalized spacial score (nSPS) is 11.2. The predicted octanol–water partition coefficient (Wildman–Crippen LogP) is 1.44. The molecule has 0 aliphatic carbocycles. The Labute approximate surface area is 105 Å². The Kier molecular flexibility index (Phi) is 6.71. The van der Waals surface area contributed by atoms with Crippen molar-refractivity contribution in [2.24, 2.45) is 0 Å². The molecule has 1 heterocycles. The highest BCUT2D eigenvalue weighted by molar-refractivity contribution is 9.10. The van der Waals surface area contributed by atoms with E-state index >= 15 is 0 Å². The number of ether oxygens (including phenoxy) is 1. The molecule has 0 unspecified atom stereocenters. The van der Waals surface area contributed by atoms with Gasteiger partial charge in [0.2, 0.25) is 0 Å². The maximum Gasteiger partial charge on any atom is 0.0587 e. The van der Waals surface area contributed by atoms with Gasteiger partial charge in [-0.3, -0.25) is 4.90 Å². The summed E-state index contributed by atoms with van der Waals surface area (Å²) in [5, 5.41) is 3.32. The molecule has 0 spiro atoms. The minimum Gasteiger partial charge on any atom is -0.383 e. The predicted molar refractivity (Wildman–Crippen MR) is 69.6 cm³/mol. The number of aromatic nitrogens is 1. The highest BCUT2D eigenvalue weighted by Gasteiger charge is 2.01. The van der Waals surface area contributed by atoms with E-state index in [4.69, 9.17) is 4.74 Å². The molecule has 92 valence electrons. The Bertz CT molecular complexity index is 291. The van der Waals surface area contributed by atoms with E-state index in [1.807, 2.05) is 6.20 Å². The Morgan fingerprint density at radius 2 is 2.31 bits per heavy atom. The maximum absolute atomic E-state index is 4.96. The third-order valence-corrected chi connectivity index (χ3v) is 2.76. The van der Waals surface area contributed by atoms with Crippen molar-refractivity contribution in [2.75, 3.05) is 40.4 Å². The van der Waals surface area contributed by atoms with Crippen LogP contribution in [-0.2, 0) is 11.3 Å². The molecular formula is C11H20BrN3O. The zero-order valence-corrected chi connectivity index (χ0v) is 11.5. The van der Waals surface area contributed by atoms with Crippen molar-refractivity contribution < 1.29 is 4.74 Å². The third-order valence-electron chi connectivity index (χ3n) is 2.30. The van der Waals surface area contributed by atoms with Crippen LogP contribution in [0.5, 0.6) is 0 Å². The van der Waals surface area contributed by atoms with Crippen LogP contribution in [0.2, 0.25) is 0 Å². The molecule has 0 amide bonds. The van der Waals surface area contributed by atoms with E-state index < -0.39 is 0 Å². The SMILES string of the molecule is COCCNCCN(C)Cc1cc(Br)c[nH]1. The second-order valence-corrected chi connectivity index (χ2v) is 4.74. The highest BCUT2D eigenvalue weighted by Crippen LogP contribution is 2.11. The molecule has 0 fully saturated rings. The molecule has 0 saturated heterocycles. The van der Waals surface area contributed by atoms with Crippen molar-refractivity contribution in [3.8, 4) is 0 Å². The lowest BCUT2D eigenvalue weighted by molar-refractivity contribution is 0.197. The van der Waals surface area contributed by atoms with Crippen molar-refractivity contribution in [3.05, 3.63) is 22.4 Å².